The molecule has 1 heterocycles. The monoisotopic (exact) mass is 316 g/mol. The molecule has 3 aromatic rings. The molecule has 0 radical (unpaired) electrons. The summed E-state index contributed by atoms with van der Waals surface area (Å²) in [6.45, 7) is 2.02. The van der Waals surface area contributed by atoms with E-state index in [0.717, 1.165) is 16.7 Å². The average molecular weight is 316 g/mol. The third-order valence-electron chi connectivity index (χ3n) is 4.17. The van der Waals surface area contributed by atoms with E-state index < -0.39 is 5.79 Å². The molecule has 3 aromatic carbocycles. The Morgan fingerprint density at radius 2 is 1.50 bits per heavy atom. The highest BCUT2D eigenvalue weighted by Gasteiger charge is 2.49. The summed E-state index contributed by atoms with van der Waals surface area (Å²) in [7, 11) is 0. The lowest BCUT2D eigenvalue weighted by molar-refractivity contribution is -0.108. The largest absolute Gasteiger partial charge is 0.444 e. The second-order valence-electron chi connectivity index (χ2n) is 5.83. The van der Waals surface area contributed by atoms with Gasteiger partial charge in [0.05, 0.1) is 11.1 Å². The SMILES string of the molecule is Cc1ccc(OC2(c3ccccc3)OC(=O)c3ccccc32)cc1. The van der Waals surface area contributed by atoms with Crippen LogP contribution in [0.15, 0.2) is 78.9 Å². The zero-order valence-corrected chi connectivity index (χ0v) is 13.2. The minimum absolute atomic E-state index is 0.374. The molecule has 0 aliphatic carbocycles. The first kappa shape index (κ1) is 14.5. The van der Waals surface area contributed by atoms with Crippen molar-refractivity contribution in [1.82, 2.24) is 0 Å². The van der Waals surface area contributed by atoms with Crippen LogP contribution in [0.4, 0.5) is 0 Å². The van der Waals surface area contributed by atoms with E-state index in [1.165, 1.54) is 0 Å². The summed E-state index contributed by atoms with van der Waals surface area (Å²) in [4.78, 5) is 12.4. The van der Waals surface area contributed by atoms with Crippen molar-refractivity contribution in [2.45, 2.75) is 12.7 Å². The van der Waals surface area contributed by atoms with Gasteiger partial charge in [-0.3, -0.25) is 0 Å². The van der Waals surface area contributed by atoms with E-state index in [-0.39, 0.29) is 5.97 Å². The van der Waals surface area contributed by atoms with Crippen molar-refractivity contribution in [2.75, 3.05) is 0 Å². The number of cyclic esters (lactones) is 1. The molecule has 0 bridgehead atoms. The van der Waals surface area contributed by atoms with Gasteiger partial charge in [-0.1, -0.05) is 60.2 Å². The van der Waals surface area contributed by atoms with Crippen molar-refractivity contribution in [2.24, 2.45) is 0 Å². The molecule has 1 unspecified atom stereocenters. The third kappa shape index (κ3) is 2.26. The molecular weight excluding hydrogens is 300 g/mol. The molecule has 1 atom stereocenters. The third-order valence-corrected chi connectivity index (χ3v) is 4.17. The lowest BCUT2D eigenvalue weighted by atomic mass is 9.95. The molecule has 0 amide bonds. The summed E-state index contributed by atoms with van der Waals surface area (Å²) >= 11 is 0. The van der Waals surface area contributed by atoms with Gasteiger partial charge < -0.3 is 9.47 Å². The lowest BCUT2D eigenvalue weighted by Gasteiger charge is -2.30. The lowest BCUT2D eigenvalue weighted by Crippen LogP contribution is -2.34. The molecule has 3 nitrogen and oxygen atoms in total. The molecule has 3 heteroatoms. The Labute approximate surface area is 140 Å². The van der Waals surface area contributed by atoms with Crippen LogP contribution in [-0.4, -0.2) is 5.97 Å². The average Bonchev–Trinajstić information content (AvgIpc) is 2.91. The van der Waals surface area contributed by atoms with Crippen molar-refractivity contribution in [3.63, 3.8) is 0 Å². The molecule has 24 heavy (non-hydrogen) atoms. The van der Waals surface area contributed by atoms with Gasteiger partial charge in [0, 0.05) is 5.56 Å². The van der Waals surface area contributed by atoms with E-state index >= 15 is 0 Å². The van der Waals surface area contributed by atoms with Gasteiger partial charge >= 0.3 is 11.8 Å². The summed E-state index contributed by atoms with van der Waals surface area (Å²) < 4.78 is 12.0. The summed E-state index contributed by atoms with van der Waals surface area (Å²) in [5.74, 6) is -0.986. The van der Waals surface area contributed by atoms with Gasteiger partial charge in [0.15, 0.2) is 0 Å². The maximum absolute atomic E-state index is 12.4. The zero-order chi connectivity index (χ0) is 16.6. The Morgan fingerprint density at radius 1 is 0.833 bits per heavy atom. The smallest absolute Gasteiger partial charge is 0.342 e. The first-order valence-electron chi connectivity index (χ1n) is 7.83. The molecule has 0 aromatic heterocycles. The van der Waals surface area contributed by atoms with Crippen molar-refractivity contribution in [1.29, 1.82) is 0 Å². The summed E-state index contributed by atoms with van der Waals surface area (Å²) in [5, 5.41) is 0. The van der Waals surface area contributed by atoms with E-state index in [1.807, 2.05) is 79.7 Å². The van der Waals surface area contributed by atoms with Gasteiger partial charge in [-0.25, -0.2) is 4.79 Å². The van der Waals surface area contributed by atoms with Crippen LogP contribution in [0.5, 0.6) is 5.75 Å². The topological polar surface area (TPSA) is 35.5 Å². The quantitative estimate of drug-likeness (QED) is 0.670. The van der Waals surface area contributed by atoms with Crippen molar-refractivity contribution < 1.29 is 14.3 Å². The van der Waals surface area contributed by atoms with Crippen LogP contribution in [0.1, 0.15) is 27.0 Å². The number of ether oxygens (including phenoxy) is 2. The number of esters is 1. The Kier molecular flexibility index (Phi) is 3.35. The molecule has 0 N–H and O–H groups in total. The predicted octanol–water partition coefficient (Wildman–Crippen LogP) is 4.45. The molecule has 0 fully saturated rings. The molecular formula is C21H16O3. The first-order valence-corrected chi connectivity index (χ1v) is 7.83. The standard InChI is InChI=1S/C21H16O3/c1-15-11-13-17(14-12-15)23-21(16-7-3-2-4-8-16)19-10-6-5-9-18(19)20(22)24-21/h2-14H,1H3. The minimum Gasteiger partial charge on any atom is -0.444 e. The van der Waals surface area contributed by atoms with Crippen molar-refractivity contribution in [3.8, 4) is 5.75 Å². The summed E-state index contributed by atoms with van der Waals surface area (Å²) in [5.41, 5.74) is 3.18. The molecule has 118 valence electrons. The van der Waals surface area contributed by atoms with Crippen LogP contribution in [-0.2, 0) is 10.5 Å². The fraction of sp³-hybridized carbons (Fsp3) is 0.0952. The molecule has 0 spiro atoms. The number of hydrogen-bond donors (Lipinski definition) is 0. The van der Waals surface area contributed by atoms with Gasteiger partial charge in [0.2, 0.25) is 0 Å². The van der Waals surface area contributed by atoms with Crippen molar-refractivity contribution in [3.05, 3.63) is 101 Å². The number of benzene rings is 3. The van der Waals surface area contributed by atoms with Gasteiger partial charge in [-0.05, 0) is 31.2 Å². The fourth-order valence-corrected chi connectivity index (χ4v) is 2.97. The molecule has 1 aliphatic heterocycles. The number of fused-ring (bicyclic) bond motifs is 1. The minimum atomic E-state index is -1.26. The summed E-state index contributed by atoms with van der Waals surface area (Å²) in [6, 6.07) is 24.6. The number of aryl methyl sites for hydroxylation is 1. The normalized spacial score (nSPS) is 18.8. The van der Waals surface area contributed by atoms with Crippen LogP contribution in [0.25, 0.3) is 0 Å². The highest BCUT2D eigenvalue weighted by Crippen LogP contribution is 2.43. The Bertz CT molecular complexity index is 884. The van der Waals surface area contributed by atoms with Gasteiger partial charge in [0.25, 0.3) is 0 Å². The van der Waals surface area contributed by atoms with Crippen LogP contribution in [0, 0.1) is 6.92 Å². The van der Waals surface area contributed by atoms with Crippen molar-refractivity contribution >= 4 is 5.97 Å². The van der Waals surface area contributed by atoms with E-state index in [4.69, 9.17) is 9.47 Å². The van der Waals surface area contributed by atoms with Gasteiger partial charge in [-0.2, -0.15) is 0 Å². The maximum Gasteiger partial charge on any atom is 0.342 e. The Balaban J connectivity index is 1.89. The molecule has 0 saturated heterocycles. The number of rotatable bonds is 3. The van der Waals surface area contributed by atoms with E-state index in [0.29, 0.717) is 11.3 Å². The van der Waals surface area contributed by atoms with Gasteiger partial charge in [0.1, 0.15) is 5.75 Å². The van der Waals surface area contributed by atoms with E-state index in [1.54, 1.807) is 6.07 Å². The maximum atomic E-state index is 12.4. The van der Waals surface area contributed by atoms with Crippen LogP contribution in [0.2, 0.25) is 0 Å². The molecule has 0 saturated carbocycles. The predicted molar refractivity (Wildman–Crippen MR) is 90.9 cm³/mol. The van der Waals surface area contributed by atoms with Crippen LogP contribution < -0.4 is 4.74 Å². The highest BCUT2D eigenvalue weighted by molar-refractivity contribution is 5.95. The van der Waals surface area contributed by atoms with E-state index in [9.17, 15) is 4.79 Å². The van der Waals surface area contributed by atoms with Gasteiger partial charge in [-0.15, -0.1) is 0 Å². The van der Waals surface area contributed by atoms with E-state index in [2.05, 4.69) is 0 Å². The first-order chi connectivity index (χ1) is 11.7. The summed E-state index contributed by atoms with van der Waals surface area (Å²) in [6.07, 6.45) is 0. The Morgan fingerprint density at radius 3 is 2.25 bits per heavy atom. The number of carbonyl (C=O) groups is 1. The highest BCUT2D eigenvalue weighted by atomic mass is 16.7. The van der Waals surface area contributed by atoms with Crippen LogP contribution >= 0.6 is 0 Å². The second kappa shape index (κ2) is 5.53. The molecule has 4 rings (SSSR count). The Hall–Kier alpha value is -3.07. The van der Waals surface area contributed by atoms with Crippen LogP contribution in [0.3, 0.4) is 0 Å². The number of carbonyl (C=O) groups excluding carboxylic acids is 1. The number of hydrogen-bond acceptors (Lipinski definition) is 3. The zero-order valence-electron chi connectivity index (χ0n) is 13.2. The fourth-order valence-electron chi connectivity index (χ4n) is 2.97. The second-order valence-corrected chi connectivity index (χ2v) is 5.83. The molecule has 1 aliphatic rings.